The molecule has 1 heteroatoms. The molecule has 0 aliphatic heterocycles. The first kappa shape index (κ1) is 11.6. The minimum absolute atomic E-state index is 0.0126. The van der Waals surface area contributed by atoms with Crippen molar-refractivity contribution in [1.29, 1.82) is 0 Å². The monoisotopic (exact) mass is 206 g/mol. The van der Waals surface area contributed by atoms with Crippen molar-refractivity contribution in [3.63, 3.8) is 0 Å². The molecule has 0 radical (unpaired) electrons. The van der Waals surface area contributed by atoms with Crippen LogP contribution in [0.2, 0.25) is 10.0 Å². The maximum atomic E-state index is 2.36. The van der Waals surface area contributed by atoms with E-state index in [0.717, 1.165) is 0 Å². The van der Waals surface area contributed by atoms with Gasteiger partial charge in [-0.25, -0.2) is 0 Å². The maximum absolute atomic E-state index is 2.36. The molecule has 0 nitrogen and oxygen atoms in total. The fourth-order valence-electron chi connectivity index (χ4n) is 1.38. The molecule has 0 unspecified atom stereocenters. The average molecular weight is 208 g/mol. The van der Waals surface area contributed by atoms with Gasteiger partial charge in [0.2, 0.25) is 0 Å². The van der Waals surface area contributed by atoms with Crippen LogP contribution in [-0.2, 0) is 17.1 Å². The summed E-state index contributed by atoms with van der Waals surface area (Å²) >= 11 is 0.0126. The van der Waals surface area contributed by atoms with E-state index in [1.165, 1.54) is 32.1 Å². The number of rotatable bonds is 8. The first-order valence-corrected chi connectivity index (χ1v) is 9.61. The van der Waals surface area contributed by atoms with Crippen molar-refractivity contribution in [2.75, 3.05) is 0 Å². The topological polar surface area (TPSA) is 0 Å². The second-order valence-corrected chi connectivity index (χ2v) is 8.54. The summed E-state index contributed by atoms with van der Waals surface area (Å²) in [5.41, 5.74) is 0. The van der Waals surface area contributed by atoms with Crippen LogP contribution in [0.1, 0.15) is 52.4 Å². The first-order valence-electron chi connectivity index (χ1n) is 5.41. The summed E-state index contributed by atoms with van der Waals surface area (Å²) in [6.07, 6.45) is 8.89. The van der Waals surface area contributed by atoms with Crippen LogP contribution in [0.15, 0.2) is 0 Å². The van der Waals surface area contributed by atoms with E-state index in [-0.39, 0.29) is 17.1 Å². The van der Waals surface area contributed by atoms with Crippen molar-refractivity contribution >= 4 is 0 Å². The van der Waals surface area contributed by atoms with Gasteiger partial charge in [0.25, 0.3) is 0 Å². The molecule has 0 spiro atoms. The molecule has 0 fully saturated rings. The van der Waals surface area contributed by atoms with Crippen molar-refractivity contribution in [2.45, 2.75) is 62.4 Å². The van der Waals surface area contributed by atoms with Gasteiger partial charge in [0.05, 0.1) is 0 Å². The van der Waals surface area contributed by atoms with Crippen LogP contribution in [0.25, 0.3) is 0 Å². The summed E-state index contributed by atoms with van der Waals surface area (Å²) < 4.78 is 0. The van der Waals surface area contributed by atoms with E-state index in [1.807, 2.05) is 0 Å². The summed E-state index contributed by atoms with van der Waals surface area (Å²) in [6, 6.07) is 0. The van der Waals surface area contributed by atoms with Gasteiger partial charge in [-0.05, 0) is 0 Å². The fraction of sp³-hybridized carbons (Fsp3) is 1.00. The van der Waals surface area contributed by atoms with Crippen LogP contribution in [0, 0.1) is 0 Å². The van der Waals surface area contributed by atoms with Crippen LogP contribution in [-0.4, -0.2) is 0 Å². The van der Waals surface area contributed by atoms with E-state index < -0.39 is 0 Å². The molecule has 0 aromatic rings. The molecule has 0 bridgehead atoms. The zero-order valence-corrected chi connectivity index (χ0v) is 11.3. The van der Waals surface area contributed by atoms with E-state index in [0.29, 0.717) is 0 Å². The standard InChI is InChI=1S/C8H17.C2H5.Zn/c1-3-5-7-8-6-4-2;1-2;/h1,3-8H2,2H3;1H2,2H3;. The Hall–Kier alpha value is 0.623. The SMILES string of the molecule is CCCCCCC[CH2][Zn][CH2]C. The van der Waals surface area contributed by atoms with Gasteiger partial charge >= 0.3 is 79.5 Å². The number of hydrogen-bond donors (Lipinski definition) is 0. The van der Waals surface area contributed by atoms with Gasteiger partial charge in [0.15, 0.2) is 0 Å². The molecule has 64 valence electrons. The molecule has 0 amide bonds. The predicted octanol–water partition coefficient (Wildman–Crippen LogP) is 4.29. The molecule has 0 aromatic heterocycles. The third kappa shape index (κ3) is 10.6. The summed E-state index contributed by atoms with van der Waals surface area (Å²) in [5.74, 6) is 0. The predicted molar refractivity (Wildman–Crippen MR) is 48.7 cm³/mol. The first-order chi connectivity index (χ1) is 5.41. The summed E-state index contributed by atoms with van der Waals surface area (Å²) in [5, 5.41) is 3.21. The van der Waals surface area contributed by atoms with Crippen molar-refractivity contribution in [3.8, 4) is 0 Å². The quantitative estimate of drug-likeness (QED) is 0.412. The van der Waals surface area contributed by atoms with Gasteiger partial charge in [-0.2, -0.15) is 0 Å². The third-order valence-electron chi connectivity index (χ3n) is 2.21. The van der Waals surface area contributed by atoms with Gasteiger partial charge in [-0.3, -0.25) is 0 Å². The van der Waals surface area contributed by atoms with Gasteiger partial charge < -0.3 is 0 Å². The Morgan fingerprint density at radius 2 is 1.45 bits per heavy atom. The molecule has 0 saturated heterocycles. The molecule has 0 heterocycles. The summed E-state index contributed by atoms with van der Waals surface area (Å²) in [7, 11) is 0. The second kappa shape index (κ2) is 10.6. The Bertz CT molecular complexity index is 53.9. The molecule has 0 aliphatic carbocycles. The number of unbranched alkanes of at least 4 members (excludes halogenated alkanes) is 5. The zero-order valence-electron chi connectivity index (χ0n) is 8.36. The fourth-order valence-corrected chi connectivity index (χ4v) is 3.92. The van der Waals surface area contributed by atoms with Gasteiger partial charge in [0, 0.05) is 0 Å². The van der Waals surface area contributed by atoms with Crippen molar-refractivity contribution in [2.24, 2.45) is 0 Å². The molecule has 0 aromatic carbocycles. The summed E-state index contributed by atoms with van der Waals surface area (Å²) in [6.45, 7) is 4.64. The van der Waals surface area contributed by atoms with E-state index in [4.69, 9.17) is 0 Å². The van der Waals surface area contributed by atoms with Gasteiger partial charge in [0.1, 0.15) is 0 Å². The van der Waals surface area contributed by atoms with Crippen LogP contribution < -0.4 is 0 Å². The zero-order chi connectivity index (χ0) is 8.36. The molecule has 11 heavy (non-hydrogen) atoms. The van der Waals surface area contributed by atoms with E-state index in [1.54, 1.807) is 16.5 Å². The Labute approximate surface area is 79.7 Å². The van der Waals surface area contributed by atoms with Crippen molar-refractivity contribution in [3.05, 3.63) is 0 Å². The Morgan fingerprint density at radius 1 is 0.818 bits per heavy atom. The second-order valence-electron chi connectivity index (χ2n) is 3.47. The Morgan fingerprint density at radius 3 is 2.09 bits per heavy atom. The Kier molecular flexibility index (Phi) is 11.2. The van der Waals surface area contributed by atoms with E-state index >= 15 is 0 Å². The van der Waals surface area contributed by atoms with Crippen molar-refractivity contribution in [1.82, 2.24) is 0 Å². The summed E-state index contributed by atoms with van der Waals surface area (Å²) in [4.78, 5) is 0. The van der Waals surface area contributed by atoms with Crippen LogP contribution >= 0.6 is 0 Å². The molecule has 0 N–H and O–H groups in total. The minimum atomic E-state index is 0.0126. The van der Waals surface area contributed by atoms with Gasteiger partial charge in [-0.1, -0.05) is 0 Å². The van der Waals surface area contributed by atoms with Crippen molar-refractivity contribution < 1.29 is 17.1 Å². The average Bonchev–Trinajstić information content (AvgIpc) is 2.03. The molecule has 0 aliphatic rings. The third-order valence-corrected chi connectivity index (χ3v) is 5.79. The van der Waals surface area contributed by atoms with Gasteiger partial charge in [-0.15, -0.1) is 0 Å². The molecular weight excluding hydrogens is 185 g/mol. The van der Waals surface area contributed by atoms with Crippen LogP contribution in [0.5, 0.6) is 0 Å². The number of hydrogen-bond acceptors (Lipinski definition) is 0. The molecular formula is C10H22Zn. The molecule has 0 saturated carbocycles. The van der Waals surface area contributed by atoms with E-state index in [2.05, 4.69) is 13.8 Å². The molecule has 0 atom stereocenters. The Balaban J connectivity index is 2.69. The normalized spacial score (nSPS) is 9.64. The van der Waals surface area contributed by atoms with Crippen LogP contribution in [0.3, 0.4) is 0 Å². The molecule has 0 rings (SSSR count). The van der Waals surface area contributed by atoms with E-state index in [9.17, 15) is 0 Å². The van der Waals surface area contributed by atoms with Crippen LogP contribution in [0.4, 0.5) is 0 Å².